The van der Waals surface area contributed by atoms with Crippen LogP contribution in [0.5, 0.6) is 11.5 Å². The quantitative estimate of drug-likeness (QED) is 0.751. The summed E-state index contributed by atoms with van der Waals surface area (Å²) < 4.78 is 10.8. The van der Waals surface area contributed by atoms with E-state index in [0.29, 0.717) is 46.3 Å². The SMILES string of the molecule is COc1ccc(C2C(C#N)=C(N)N(c3ccc(Cl)cc3)C3=C2C(=O)CCC3)cc1OC. The Balaban J connectivity index is 1.94. The maximum absolute atomic E-state index is 13.2. The van der Waals surface area contributed by atoms with E-state index in [0.717, 1.165) is 23.4 Å². The van der Waals surface area contributed by atoms with Crippen molar-refractivity contribution in [2.24, 2.45) is 5.73 Å². The molecule has 1 heterocycles. The molecule has 0 bridgehead atoms. The molecule has 2 aliphatic rings. The highest BCUT2D eigenvalue weighted by Gasteiger charge is 2.40. The van der Waals surface area contributed by atoms with Crippen LogP contribution in [-0.2, 0) is 4.79 Å². The third-order valence-electron chi connectivity index (χ3n) is 5.74. The maximum atomic E-state index is 13.2. The van der Waals surface area contributed by atoms with Gasteiger partial charge in [0.2, 0.25) is 0 Å². The van der Waals surface area contributed by atoms with Gasteiger partial charge in [-0.25, -0.2) is 0 Å². The summed E-state index contributed by atoms with van der Waals surface area (Å²) in [5, 5.41) is 10.7. The number of methoxy groups -OCH3 is 2. The Kier molecular flexibility index (Phi) is 5.62. The first kappa shape index (κ1) is 20.8. The number of rotatable bonds is 4. The summed E-state index contributed by atoms with van der Waals surface area (Å²) in [6.07, 6.45) is 1.86. The van der Waals surface area contributed by atoms with Crippen LogP contribution >= 0.6 is 11.6 Å². The van der Waals surface area contributed by atoms with Crippen molar-refractivity contribution >= 4 is 23.1 Å². The molecule has 0 spiro atoms. The van der Waals surface area contributed by atoms with Crippen molar-refractivity contribution in [3.05, 3.63) is 75.7 Å². The molecule has 158 valence electrons. The van der Waals surface area contributed by atoms with Crippen LogP contribution in [0, 0.1) is 11.3 Å². The van der Waals surface area contributed by atoms with Crippen molar-refractivity contribution in [1.82, 2.24) is 0 Å². The molecule has 1 aliphatic heterocycles. The number of halogens is 1. The molecule has 0 fully saturated rings. The van der Waals surface area contributed by atoms with E-state index in [1.807, 2.05) is 23.1 Å². The van der Waals surface area contributed by atoms with Gasteiger partial charge in [-0.05, 0) is 54.8 Å². The molecule has 6 nitrogen and oxygen atoms in total. The highest BCUT2D eigenvalue weighted by atomic mass is 35.5. The van der Waals surface area contributed by atoms with Crippen molar-refractivity contribution in [2.45, 2.75) is 25.2 Å². The molecule has 2 aromatic rings. The lowest BCUT2D eigenvalue weighted by atomic mass is 9.75. The van der Waals surface area contributed by atoms with Gasteiger partial charge >= 0.3 is 0 Å². The van der Waals surface area contributed by atoms with Crippen molar-refractivity contribution in [3.63, 3.8) is 0 Å². The minimum Gasteiger partial charge on any atom is -0.493 e. The zero-order chi connectivity index (χ0) is 22.1. The second kappa shape index (κ2) is 8.37. The van der Waals surface area contributed by atoms with Gasteiger partial charge < -0.3 is 15.2 Å². The second-order valence-corrected chi connectivity index (χ2v) is 7.84. The lowest BCUT2D eigenvalue weighted by Crippen LogP contribution is -2.38. The Labute approximate surface area is 186 Å². The summed E-state index contributed by atoms with van der Waals surface area (Å²) in [4.78, 5) is 15.0. The number of carbonyl (C=O) groups excluding carboxylic acids is 1. The Morgan fingerprint density at radius 1 is 1.10 bits per heavy atom. The fourth-order valence-corrected chi connectivity index (χ4v) is 4.46. The summed E-state index contributed by atoms with van der Waals surface area (Å²) in [6, 6.07) is 14.9. The molecule has 0 aromatic heterocycles. The van der Waals surface area contributed by atoms with Crippen LogP contribution in [0.2, 0.25) is 5.02 Å². The van der Waals surface area contributed by atoms with Crippen molar-refractivity contribution in [3.8, 4) is 17.6 Å². The number of anilines is 1. The summed E-state index contributed by atoms with van der Waals surface area (Å²) >= 11 is 6.06. The number of ether oxygens (including phenoxy) is 2. The number of nitrogens with zero attached hydrogens (tertiary/aromatic N) is 2. The number of hydrogen-bond donors (Lipinski definition) is 1. The molecule has 0 radical (unpaired) electrons. The summed E-state index contributed by atoms with van der Waals surface area (Å²) in [5.74, 6) is 0.889. The molecule has 0 amide bonds. The van der Waals surface area contributed by atoms with Crippen LogP contribution in [-0.4, -0.2) is 20.0 Å². The Hall–Kier alpha value is -3.43. The standard InChI is InChI=1S/C24H22ClN3O3/c1-30-20-11-6-14(12-21(20)31-2)22-17(13-26)24(27)28(16-9-7-15(25)8-10-16)18-4-3-5-19(29)23(18)22/h6-12,22H,3-5,27H2,1-2H3. The predicted octanol–water partition coefficient (Wildman–Crippen LogP) is 4.66. The van der Waals surface area contributed by atoms with Gasteiger partial charge in [0, 0.05) is 28.4 Å². The monoisotopic (exact) mass is 435 g/mol. The lowest BCUT2D eigenvalue weighted by Gasteiger charge is -2.39. The first-order valence-corrected chi connectivity index (χ1v) is 10.3. The molecule has 0 saturated heterocycles. The summed E-state index contributed by atoms with van der Waals surface area (Å²) in [6.45, 7) is 0. The van der Waals surface area contributed by atoms with Gasteiger partial charge in [0.1, 0.15) is 5.82 Å². The third-order valence-corrected chi connectivity index (χ3v) is 5.99. The largest absolute Gasteiger partial charge is 0.493 e. The van der Waals surface area contributed by atoms with E-state index in [9.17, 15) is 10.1 Å². The number of nitriles is 1. The smallest absolute Gasteiger partial charge is 0.161 e. The van der Waals surface area contributed by atoms with Crippen LogP contribution in [0.1, 0.15) is 30.7 Å². The van der Waals surface area contributed by atoms with Gasteiger partial charge in [0.25, 0.3) is 0 Å². The topological polar surface area (TPSA) is 88.6 Å². The van der Waals surface area contributed by atoms with Gasteiger partial charge in [-0.3, -0.25) is 9.69 Å². The molecule has 1 aliphatic carbocycles. The molecule has 1 atom stereocenters. The number of ketones is 1. The first-order chi connectivity index (χ1) is 15.0. The molecular weight excluding hydrogens is 414 g/mol. The zero-order valence-corrected chi connectivity index (χ0v) is 18.1. The zero-order valence-electron chi connectivity index (χ0n) is 17.3. The number of benzene rings is 2. The fourth-order valence-electron chi connectivity index (χ4n) is 4.34. The van der Waals surface area contributed by atoms with Gasteiger partial charge in [0.05, 0.1) is 31.8 Å². The van der Waals surface area contributed by atoms with Crippen molar-refractivity contribution in [1.29, 1.82) is 5.26 Å². The van der Waals surface area contributed by atoms with E-state index in [-0.39, 0.29) is 5.78 Å². The van der Waals surface area contributed by atoms with Crippen LogP contribution in [0.4, 0.5) is 5.69 Å². The minimum atomic E-state index is -0.559. The van der Waals surface area contributed by atoms with E-state index < -0.39 is 5.92 Å². The molecule has 1 unspecified atom stereocenters. The predicted molar refractivity (Wildman–Crippen MR) is 119 cm³/mol. The fraction of sp³-hybridized carbons (Fsp3) is 0.250. The van der Waals surface area contributed by atoms with Gasteiger partial charge in [-0.15, -0.1) is 0 Å². The second-order valence-electron chi connectivity index (χ2n) is 7.41. The highest BCUT2D eigenvalue weighted by Crippen LogP contribution is 2.47. The summed E-state index contributed by atoms with van der Waals surface area (Å²) in [7, 11) is 3.11. The molecular formula is C24H22ClN3O3. The molecule has 31 heavy (non-hydrogen) atoms. The molecule has 0 saturated carbocycles. The average Bonchev–Trinajstić information content (AvgIpc) is 2.79. The van der Waals surface area contributed by atoms with Crippen LogP contribution in [0.15, 0.2) is 65.1 Å². The highest BCUT2D eigenvalue weighted by molar-refractivity contribution is 6.30. The van der Waals surface area contributed by atoms with Crippen LogP contribution in [0.25, 0.3) is 0 Å². The Bertz CT molecular complexity index is 1150. The third kappa shape index (κ3) is 3.51. The van der Waals surface area contributed by atoms with E-state index in [2.05, 4.69) is 6.07 Å². The number of allylic oxidation sites excluding steroid dienone is 3. The summed E-state index contributed by atoms with van der Waals surface area (Å²) in [5.41, 5.74) is 9.85. The van der Waals surface area contributed by atoms with Crippen LogP contribution in [0.3, 0.4) is 0 Å². The van der Waals surface area contributed by atoms with Gasteiger partial charge in [-0.2, -0.15) is 5.26 Å². The number of hydrogen-bond acceptors (Lipinski definition) is 6. The van der Waals surface area contributed by atoms with E-state index in [4.69, 9.17) is 26.8 Å². The van der Waals surface area contributed by atoms with Gasteiger partial charge in [0.15, 0.2) is 17.3 Å². The number of carbonyl (C=O) groups is 1. The normalized spacial score (nSPS) is 18.6. The maximum Gasteiger partial charge on any atom is 0.161 e. The molecule has 4 rings (SSSR count). The lowest BCUT2D eigenvalue weighted by molar-refractivity contribution is -0.116. The average molecular weight is 436 g/mol. The van der Waals surface area contributed by atoms with Gasteiger partial charge in [-0.1, -0.05) is 17.7 Å². The Morgan fingerprint density at radius 3 is 2.45 bits per heavy atom. The molecule has 7 heteroatoms. The van der Waals surface area contributed by atoms with E-state index in [1.54, 1.807) is 38.5 Å². The van der Waals surface area contributed by atoms with Crippen molar-refractivity contribution in [2.75, 3.05) is 19.1 Å². The van der Waals surface area contributed by atoms with E-state index in [1.165, 1.54) is 0 Å². The first-order valence-electron chi connectivity index (χ1n) is 9.93. The molecule has 2 N–H and O–H groups in total. The van der Waals surface area contributed by atoms with E-state index >= 15 is 0 Å². The molecule has 2 aromatic carbocycles. The van der Waals surface area contributed by atoms with Crippen molar-refractivity contribution < 1.29 is 14.3 Å². The van der Waals surface area contributed by atoms with Crippen LogP contribution < -0.4 is 20.1 Å². The Morgan fingerprint density at radius 2 is 1.81 bits per heavy atom. The number of Topliss-reactive ketones (excluding diaryl/α,β-unsaturated/α-hetero) is 1. The minimum absolute atomic E-state index is 0.0280. The number of nitrogens with two attached hydrogens (primary N) is 1.